The maximum Gasteiger partial charge on any atom is 0.243 e. The molecule has 0 heterocycles. The van der Waals surface area contributed by atoms with E-state index >= 15 is 0 Å². The molecule has 8 heteroatoms. The lowest BCUT2D eigenvalue weighted by Crippen LogP contribution is -2.52. The second kappa shape index (κ2) is 13.9. The summed E-state index contributed by atoms with van der Waals surface area (Å²) >= 11 is 20.3. The maximum atomic E-state index is 13.6. The van der Waals surface area contributed by atoms with Gasteiger partial charge in [-0.05, 0) is 48.7 Å². The molecule has 3 aromatic rings. The standard InChI is InChI=1S/C28H29Cl3N2O2S/c1-19(2)32-28(35)26(14-20-8-4-3-5-9-20)33(16-21-12-13-23(29)15-25(21)31)27(34)18-36-17-22-10-6-7-11-24(22)30/h3-13,15,19,26H,14,16-18H2,1-2H3,(H,32,35)/t26-/m1/s1. The largest absolute Gasteiger partial charge is 0.352 e. The first-order valence-electron chi connectivity index (χ1n) is 11.6. The molecule has 0 spiro atoms. The van der Waals surface area contributed by atoms with Gasteiger partial charge in [0.1, 0.15) is 6.04 Å². The summed E-state index contributed by atoms with van der Waals surface area (Å²) in [4.78, 5) is 28.7. The van der Waals surface area contributed by atoms with Gasteiger partial charge in [0.25, 0.3) is 0 Å². The van der Waals surface area contributed by atoms with Gasteiger partial charge in [0.05, 0.1) is 5.75 Å². The van der Waals surface area contributed by atoms with Crippen molar-refractivity contribution in [2.24, 2.45) is 0 Å². The summed E-state index contributed by atoms with van der Waals surface area (Å²) in [5.74, 6) is 0.417. The number of carbonyl (C=O) groups excluding carboxylic acids is 2. The van der Waals surface area contributed by atoms with Gasteiger partial charge < -0.3 is 10.2 Å². The molecular weight excluding hydrogens is 535 g/mol. The lowest BCUT2D eigenvalue weighted by Gasteiger charge is -2.32. The molecule has 0 aliphatic heterocycles. The van der Waals surface area contributed by atoms with Crippen LogP contribution in [-0.4, -0.2) is 34.6 Å². The smallest absolute Gasteiger partial charge is 0.243 e. The predicted octanol–water partition coefficient (Wildman–Crippen LogP) is 7.04. The van der Waals surface area contributed by atoms with Crippen molar-refractivity contribution in [1.82, 2.24) is 10.2 Å². The van der Waals surface area contributed by atoms with Gasteiger partial charge in [-0.1, -0.05) is 89.4 Å². The van der Waals surface area contributed by atoms with E-state index in [1.165, 1.54) is 11.8 Å². The summed E-state index contributed by atoms with van der Waals surface area (Å²) in [6, 6.07) is 21.7. The molecule has 3 rings (SSSR count). The molecule has 1 atom stereocenters. The highest BCUT2D eigenvalue weighted by Gasteiger charge is 2.31. The Hall–Kier alpha value is -2.18. The molecule has 36 heavy (non-hydrogen) atoms. The minimum absolute atomic E-state index is 0.0681. The first-order chi connectivity index (χ1) is 17.2. The van der Waals surface area contributed by atoms with Crippen molar-refractivity contribution in [3.63, 3.8) is 0 Å². The molecule has 4 nitrogen and oxygen atoms in total. The van der Waals surface area contributed by atoms with Gasteiger partial charge in [-0.25, -0.2) is 0 Å². The van der Waals surface area contributed by atoms with E-state index in [1.807, 2.05) is 68.4 Å². The molecule has 0 aliphatic rings. The third kappa shape index (κ3) is 8.45. The third-order valence-corrected chi connectivity index (χ3v) is 7.42. The molecular formula is C28H29Cl3N2O2S. The number of thioether (sulfide) groups is 1. The summed E-state index contributed by atoms with van der Waals surface area (Å²) < 4.78 is 0. The Balaban J connectivity index is 1.88. The second-order valence-corrected chi connectivity index (χ2v) is 10.9. The Bertz CT molecular complexity index is 1170. The minimum Gasteiger partial charge on any atom is -0.352 e. The zero-order chi connectivity index (χ0) is 26.1. The number of rotatable bonds is 11. The van der Waals surface area contributed by atoms with E-state index in [0.29, 0.717) is 27.2 Å². The van der Waals surface area contributed by atoms with Crippen LogP contribution in [-0.2, 0) is 28.3 Å². The molecule has 0 unspecified atom stereocenters. The Labute approximate surface area is 232 Å². The zero-order valence-corrected chi connectivity index (χ0v) is 23.3. The number of carbonyl (C=O) groups is 2. The van der Waals surface area contributed by atoms with Crippen molar-refractivity contribution in [3.8, 4) is 0 Å². The molecule has 2 amide bonds. The number of amides is 2. The summed E-state index contributed by atoms with van der Waals surface area (Å²) in [6.45, 7) is 3.99. The Morgan fingerprint density at radius 1 is 0.889 bits per heavy atom. The van der Waals surface area contributed by atoms with Gasteiger partial charge in [-0.15, -0.1) is 11.8 Å². The molecule has 0 saturated heterocycles. The van der Waals surface area contributed by atoms with Crippen LogP contribution in [0.5, 0.6) is 0 Å². The molecule has 0 aliphatic carbocycles. The van der Waals surface area contributed by atoms with E-state index < -0.39 is 6.04 Å². The summed E-state index contributed by atoms with van der Waals surface area (Å²) in [5.41, 5.74) is 2.65. The summed E-state index contributed by atoms with van der Waals surface area (Å²) in [6.07, 6.45) is 0.380. The highest BCUT2D eigenvalue weighted by molar-refractivity contribution is 7.99. The van der Waals surface area contributed by atoms with Crippen molar-refractivity contribution in [2.45, 2.75) is 44.6 Å². The van der Waals surface area contributed by atoms with Gasteiger partial charge in [-0.2, -0.15) is 0 Å². The topological polar surface area (TPSA) is 49.4 Å². The first-order valence-corrected chi connectivity index (χ1v) is 13.9. The van der Waals surface area contributed by atoms with E-state index in [1.54, 1.807) is 23.1 Å². The quantitative estimate of drug-likeness (QED) is 0.272. The highest BCUT2D eigenvalue weighted by atomic mass is 35.5. The van der Waals surface area contributed by atoms with Crippen LogP contribution >= 0.6 is 46.6 Å². The van der Waals surface area contributed by atoms with E-state index in [9.17, 15) is 9.59 Å². The molecule has 0 radical (unpaired) electrons. The van der Waals surface area contributed by atoms with E-state index in [2.05, 4.69) is 5.32 Å². The van der Waals surface area contributed by atoms with Gasteiger partial charge in [0.2, 0.25) is 11.8 Å². The van der Waals surface area contributed by atoms with Gasteiger partial charge in [0, 0.05) is 39.8 Å². The normalized spacial score (nSPS) is 11.8. The fourth-order valence-corrected chi connectivity index (χ4v) is 5.38. The number of hydrogen-bond acceptors (Lipinski definition) is 3. The van der Waals surface area contributed by atoms with Crippen molar-refractivity contribution in [3.05, 3.63) is 105 Å². The van der Waals surface area contributed by atoms with E-state index in [0.717, 1.165) is 16.7 Å². The third-order valence-electron chi connectivity index (χ3n) is 5.50. The van der Waals surface area contributed by atoms with Gasteiger partial charge in [-0.3, -0.25) is 9.59 Å². The zero-order valence-electron chi connectivity index (χ0n) is 20.2. The number of nitrogens with one attached hydrogen (secondary N) is 1. The first kappa shape index (κ1) is 28.4. The van der Waals surface area contributed by atoms with E-state index in [-0.39, 0.29) is 30.2 Å². The van der Waals surface area contributed by atoms with Crippen LogP contribution in [0.25, 0.3) is 0 Å². The van der Waals surface area contributed by atoms with Crippen LogP contribution in [0.4, 0.5) is 0 Å². The van der Waals surface area contributed by atoms with E-state index in [4.69, 9.17) is 34.8 Å². The van der Waals surface area contributed by atoms with Gasteiger partial charge >= 0.3 is 0 Å². The van der Waals surface area contributed by atoms with Crippen molar-refractivity contribution in [2.75, 3.05) is 5.75 Å². The van der Waals surface area contributed by atoms with Crippen LogP contribution in [0, 0.1) is 0 Å². The van der Waals surface area contributed by atoms with Crippen molar-refractivity contribution < 1.29 is 9.59 Å². The SMILES string of the molecule is CC(C)NC(=O)[C@@H](Cc1ccccc1)N(Cc1ccc(Cl)cc1Cl)C(=O)CSCc1ccccc1Cl. The fourth-order valence-electron chi connectivity index (χ4n) is 3.71. The van der Waals surface area contributed by atoms with Crippen LogP contribution in [0.1, 0.15) is 30.5 Å². The molecule has 0 aromatic heterocycles. The van der Waals surface area contributed by atoms with Crippen LogP contribution in [0.2, 0.25) is 15.1 Å². The molecule has 0 fully saturated rings. The predicted molar refractivity (Wildman–Crippen MR) is 152 cm³/mol. The lowest BCUT2D eigenvalue weighted by molar-refractivity contribution is -0.139. The number of nitrogens with zero attached hydrogens (tertiary/aromatic N) is 1. The number of hydrogen-bond donors (Lipinski definition) is 1. The average molecular weight is 564 g/mol. The average Bonchev–Trinajstić information content (AvgIpc) is 2.84. The molecule has 1 N–H and O–H groups in total. The molecule has 0 bridgehead atoms. The molecule has 0 saturated carbocycles. The Morgan fingerprint density at radius 2 is 1.58 bits per heavy atom. The Kier molecular flexibility index (Phi) is 11.0. The summed E-state index contributed by atoms with van der Waals surface area (Å²) in [7, 11) is 0. The fraction of sp³-hybridized carbons (Fsp3) is 0.286. The number of benzene rings is 3. The number of halogens is 3. The van der Waals surface area contributed by atoms with Crippen molar-refractivity contribution in [1.29, 1.82) is 0 Å². The lowest BCUT2D eigenvalue weighted by atomic mass is 10.0. The van der Waals surface area contributed by atoms with Gasteiger partial charge in [0.15, 0.2) is 0 Å². The molecule has 3 aromatic carbocycles. The van der Waals surface area contributed by atoms with Crippen molar-refractivity contribution >= 4 is 58.4 Å². The van der Waals surface area contributed by atoms with Crippen LogP contribution in [0.3, 0.4) is 0 Å². The monoisotopic (exact) mass is 562 g/mol. The van der Waals surface area contributed by atoms with Crippen LogP contribution in [0.15, 0.2) is 72.8 Å². The molecule has 190 valence electrons. The van der Waals surface area contributed by atoms with Crippen LogP contribution < -0.4 is 5.32 Å². The highest BCUT2D eigenvalue weighted by Crippen LogP contribution is 2.26. The maximum absolute atomic E-state index is 13.6. The minimum atomic E-state index is -0.713. The summed E-state index contributed by atoms with van der Waals surface area (Å²) in [5, 5.41) is 4.61. The Morgan fingerprint density at radius 3 is 2.25 bits per heavy atom. The second-order valence-electron chi connectivity index (χ2n) is 8.71.